The van der Waals surface area contributed by atoms with Gasteiger partial charge in [-0.15, -0.1) is 10.2 Å². The number of nitrogens with one attached hydrogen (secondary N) is 3. The lowest BCUT2D eigenvalue weighted by atomic mass is 9.56. The maximum atomic E-state index is 5.55. The molecule has 2 unspecified atom stereocenters. The highest BCUT2D eigenvalue weighted by molar-refractivity contribution is 6.28. The number of para-hydroxylation sites is 6. The Bertz CT molecular complexity index is 3800. The molecule has 0 saturated heterocycles. The molecule has 13 heteroatoms. The summed E-state index contributed by atoms with van der Waals surface area (Å²) in [4.78, 5) is 39.7. The molecule has 7 aromatic heterocycles. The average Bonchev–Trinajstić information content (AvgIpc) is 4.13. The summed E-state index contributed by atoms with van der Waals surface area (Å²) in [6.45, 7) is 0. The van der Waals surface area contributed by atoms with E-state index in [4.69, 9.17) is 40.1 Å². The standard InChI is InChI=1S/C52H33N13/c1-5-15-34-30(11-1)21-22-40(57-34)44-46(49-33-14-4-8-18-37(33)62-64-49)45(42-27-31-12-2-6-16-35(31)58-42)47(41-23-24-56-65-63-41)52(43-29-53-25-26-54-43,51-60-38-19-9-10-20-39(38)61-51)48(44)50-55-28-32-13-3-7-17-36(32)59-50/h1-29,48,58H,(H,60,61)(H,62,64). The summed E-state index contributed by atoms with van der Waals surface area (Å²) >= 11 is 0. The number of imidazole rings is 1. The third-order valence-corrected chi connectivity index (χ3v) is 12.5. The summed E-state index contributed by atoms with van der Waals surface area (Å²) in [6.07, 6.45) is 8.74. The molecule has 0 amide bonds. The minimum atomic E-state index is -1.45. The van der Waals surface area contributed by atoms with Crippen molar-refractivity contribution in [3.05, 3.63) is 217 Å². The van der Waals surface area contributed by atoms with Crippen LogP contribution in [-0.2, 0) is 5.41 Å². The van der Waals surface area contributed by atoms with Crippen LogP contribution in [0.3, 0.4) is 0 Å². The predicted molar refractivity (Wildman–Crippen MR) is 251 cm³/mol. The average molecular weight is 840 g/mol. The molecule has 2 atom stereocenters. The zero-order valence-electron chi connectivity index (χ0n) is 34.3. The summed E-state index contributed by atoms with van der Waals surface area (Å²) < 4.78 is 0. The van der Waals surface area contributed by atoms with Gasteiger partial charge in [0.15, 0.2) is 0 Å². The Morgan fingerprint density at radius 1 is 0.538 bits per heavy atom. The van der Waals surface area contributed by atoms with Crippen molar-refractivity contribution >= 4 is 76.9 Å². The maximum Gasteiger partial charge on any atom is 0.138 e. The number of pyridine rings is 1. The third kappa shape index (κ3) is 5.65. The van der Waals surface area contributed by atoms with Crippen LogP contribution < -0.4 is 0 Å². The van der Waals surface area contributed by atoms with Crippen LogP contribution in [0.4, 0.5) is 0 Å². The molecule has 3 N–H and O–H groups in total. The number of hydrogen-bond donors (Lipinski definition) is 3. The molecular weight excluding hydrogens is 807 g/mol. The molecule has 0 fully saturated rings. The summed E-state index contributed by atoms with van der Waals surface area (Å²) in [6, 6.07) is 48.8. The first kappa shape index (κ1) is 36.5. The molecule has 13 rings (SSSR count). The largest absolute Gasteiger partial charge is 0.354 e. The minimum absolute atomic E-state index is 0.493. The van der Waals surface area contributed by atoms with E-state index < -0.39 is 11.3 Å². The molecule has 5 aromatic carbocycles. The van der Waals surface area contributed by atoms with Gasteiger partial charge in [0.2, 0.25) is 0 Å². The van der Waals surface area contributed by atoms with Crippen molar-refractivity contribution in [1.82, 2.24) is 65.5 Å². The number of aromatic nitrogens is 13. The second-order valence-corrected chi connectivity index (χ2v) is 16.0. The molecule has 0 aliphatic heterocycles. The molecule has 1 aliphatic carbocycles. The lowest BCUT2D eigenvalue weighted by Crippen LogP contribution is -2.43. The topological polar surface area (TPSA) is 176 Å². The number of aromatic amines is 3. The molecule has 7 heterocycles. The molecule has 65 heavy (non-hydrogen) atoms. The normalized spacial score (nSPS) is 16.7. The fraction of sp³-hybridized carbons (Fsp3) is 0.0385. The van der Waals surface area contributed by atoms with Crippen LogP contribution in [-0.4, -0.2) is 65.5 Å². The van der Waals surface area contributed by atoms with Crippen molar-refractivity contribution in [3.8, 4) is 0 Å². The Morgan fingerprint density at radius 2 is 1.29 bits per heavy atom. The Morgan fingerprint density at radius 3 is 2.09 bits per heavy atom. The quantitative estimate of drug-likeness (QED) is 0.140. The Labute approximate surface area is 369 Å². The van der Waals surface area contributed by atoms with E-state index in [0.717, 1.165) is 77.1 Å². The van der Waals surface area contributed by atoms with Gasteiger partial charge in [-0.25, -0.2) is 19.9 Å². The van der Waals surface area contributed by atoms with Gasteiger partial charge in [-0.2, -0.15) is 5.10 Å². The zero-order chi connectivity index (χ0) is 42.9. The van der Waals surface area contributed by atoms with Crippen molar-refractivity contribution in [3.63, 3.8) is 0 Å². The number of allylic oxidation sites excluding steroid dienone is 4. The van der Waals surface area contributed by atoms with Crippen LogP contribution in [0, 0.1) is 0 Å². The predicted octanol–water partition coefficient (Wildman–Crippen LogP) is 9.69. The van der Waals surface area contributed by atoms with E-state index in [0.29, 0.717) is 40.0 Å². The Hall–Kier alpha value is -9.10. The first-order chi connectivity index (χ1) is 32.2. The molecule has 0 saturated carbocycles. The highest BCUT2D eigenvalue weighted by atomic mass is 15.3. The summed E-state index contributed by atoms with van der Waals surface area (Å²) in [7, 11) is 0. The van der Waals surface area contributed by atoms with Crippen molar-refractivity contribution in [2.45, 2.75) is 11.3 Å². The van der Waals surface area contributed by atoms with Crippen molar-refractivity contribution in [1.29, 1.82) is 0 Å². The van der Waals surface area contributed by atoms with Crippen molar-refractivity contribution in [2.75, 3.05) is 0 Å². The third-order valence-electron chi connectivity index (χ3n) is 12.5. The van der Waals surface area contributed by atoms with Crippen molar-refractivity contribution in [2.24, 2.45) is 0 Å². The van der Waals surface area contributed by atoms with E-state index in [1.165, 1.54) is 0 Å². The van der Waals surface area contributed by atoms with E-state index in [2.05, 4.69) is 67.8 Å². The second-order valence-electron chi connectivity index (χ2n) is 16.0. The molecular formula is C52H33N13. The van der Waals surface area contributed by atoms with Crippen LogP contribution in [0.5, 0.6) is 0 Å². The van der Waals surface area contributed by atoms with Gasteiger partial charge in [-0.05, 0) is 59.8 Å². The molecule has 0 bridgehead atoms. The van der Waals surface area contributed by atoms with Gasteiger partial charge in [0, 0.05) is 79.8 Å². The van der Waals surface area contributed by atoms with Crippen LogP contribution in [0.25, 0.3) is 76.9 Å². The van der Waals surface area contributed by atoms with Crippen LogP contribution in [0.1, 0.15) is 46.0 Å². The number of H-pyrrole nitrogens is 3. The lowest BCUT2D eigenvalue weighted by molar-refractivity contribution is 0.527. The summed E-state index contributed by atoms with van der Waals surface area (Å²) in [5.74, 6) is 0.210. The van der Waals surface area contributed by atoms with Gasteiger partial charge in [0.05, 0.1) is 56.8 Å². The number of hydrogen-bond acceptors (Lipinski definition) is 10. The zero-order valence-corrected chi connectivity index (χ0v) is 34.3. The number of benzene rings is 5. The van der Waals surface area contributed by atoms with Crippen LogP contribution >= 0.6 is 0 Å². The van der Waals surface area contributed by atoms with Crippen molar-refractivity contribution < 1.29 is 0 Å². The fourth-order valence-corrected chi connectivity index (χ4v) is 9.78. The number of rotatable bonds is 7. The molecule has 12 aromatic rings. The lowest BCUT2D eigenvalue weighted by Gasteiger charge is -2.45. The minimum Gasteiger partial charge on any atom is -0.354 e. The number of nitrogens with zero attached hydrogens (tertiary/aromatic N) is 10. The fourth-order valence-electron chi connectivity index (χ4n) is 9.78. The first-order valence-corrected chi connectivity index (χ1v) is 21.2. The van der Waals surface area contributed by atoms with Crippen LogP contribution in [0.2, 0.25) is 0 Å². The Balaban J connectivity index is 1.33. The molecule has 1 aliphatic rings. The van der Waals surface area contributed by atoms with E-state index in [-0.39, 0.29) is 0 Å². The van der Waals surface area contributed by atoms with Gasteiger partial charge in [-0.3, -0.25) is 15.1 Å². The first-order valence-electron chi connectivity index (χ1n) is 21.2. The molecule has 0 radical (unpaired) electrons. The molecule has 0 spiro atoms. The van der Waals surface area contributed by atoms with Gasteiger partial charge >= 0.3 is 0 Å². The summed E-state index contributed by atoms with van der Waals surface area (Å²) in [5, 5.41) is 25.8. The van der Waals surface area contributed by atoms with Gasteiger partial charge < -0.3 is 9.97 Å². The van der Waals surface area contributed by atoms with Crippen LogP contribution in [0.15, 0.2) is 177 Å². The maximum absolute atomic E-state index is 5.55. The highest BCUT2D eigenvalue weighted by Crippen LogP contribution is 2.64. The summed E-state index contributed by atoms with van der Waals surface area (Å²) in [5.41, 5.74) is 9.83. The highest BCUT2D eigenvalue weighted by Gasteiger charge is 2.59. The smallest absolute Gasteiger partial charge is 0.138 e. The van der Waals surface area contributed by atoms with Gasteiger partial charge in [-0.1, -0.05) is 91.0 Å². The van der Waals surface area contributed by atoms with Gasteiger partial charge in [0.25, 0.3) is 0 Å². The SMILES string of the molecule is c1ccc2nc(C3=C(c4n[nH]c5ccccc45)C(c4cc5ccccc5[nH]4)=C(c4ccnnn4)C(c4cnccn4)(c4nc5ccccc5[nH]4)C3c3ncc4ccccc4n3)ccc2c1. The number of fused-ring (bicyclic) bond motifs is 5. The Kier molecular flexibility index (Phi) is 8.15. The molecule has 306 valence electrons. The van der Waals surface area contributed by atoms with E-state index in [9.17, 15) is 0 Å². The monoisotopic (exact) mass is 839 g/mol. The molecule has 13 nitrogen and oxygen atoms in total. The second kappa shape index (κ2) is 14.5. The van der Waals surface area contributed by atoms with E-state index >= 15 is 0 Å². The van der Waals surface area contributed by atoms with E-state index in [1.807, 2.05) is 109 Å². The van der Waals surface area contributed by atoms with E-state index in [1.54, 1.807) is 24.8 Å². The van der Waals surface area contributed by atoms with Gasteiger partial charge in [0.1, 0.15) is 22.8 Å².